The van der Waals surface area contributed by atoms with Crippen molar-refractivity contribution in [2.75, 3.05) is 7.11 Å². The highest BCUT2D eigenvalue weighted by Crippen LogP contribution is 2.49. The van der Waals surface area contributed by atoms with E-state index < -0.39 is 6.10 Å². The first-order valence-corrected chi connectivity index (χ1v) is 5.03. The summed E-state index contributed by atoms with van der Waals surface area (Å²) in [5.74, 6) is -0.144. The maximum atomic E-state index is 11.3. The van der Waals surface area contributed by atoms with Crippen LogP contribution in [0.5, 0.6) is 0 Å². The van der Waals surface area contributed by atoms with Gasteiger partial charge in [0.05, 0.1) is 6.10 Å². The van der Waals surface area contributed by atoms with Gasteiger partial charge in [0.15, 0.2) is 5.78 Å². The van der Waals surface area contributed by atoms with Crippen molar-refractivity contribution in [1.29, 1.82) is 0 Å². The smallest absolute Gasteiger partial charge is 0.184 e. The number of aliphatic hydroxyl groups is 1. The molecule has 78 valence electrons. The number of ketones is 1. The highest BCUT2D eigenvalue weighted by Gasteiger charge is 2.47. The monoisotopic (exact) mass is 196 g/mol. The molecule has 3 nitrogen and oxygen atoms in total. The van der Waals surface area contributed by atoms with E-state index in [4.69, 9.17) is 4.74 Å². The Bertz CT molecular complexity index is 295. The van der Waals surface area contributed by atoms with Crippen LogP contribution >= 0.6 is 0 Å². The van der Waals surface area contributed by atoms with Crippen LogP contribution in [0.15, 0.2) is 11.6 Å². The standard InChI is InChI=1S/C11H16O3/c1-11-6-9(13)8(12)5-7(11)3-4-10(11)14-2/h5,9-10,13H,3-4,6H2,1-2H3/t9-,10-,11-/m0/s1. The van der Waals surface area contributed by atoms with Crippen LogP contribution in [0, 0.1) is 5.41 Å². The van der Waals surface area contributed by atoms with Crippen LogP contribution in [-0.4, -0.2) is 30.2 Å². The van der Waals surface area contributed by atoms with Gasteiger partial charge in [-0.2, -0.15) is 0 Å². The number of hydrogen-bond donors (Lipinski definition) is 1. The molecule has 0 bridgehead atoms. The average molecular weight is 196 g/mol. The summed E-state index contributed by atoms with van der Waals surface area (Å²) in [5.41, 5.74) is 1.03. The molecule has 2 aliphatic rings. The lowest BCUT2D eigenvalue weighted by Crippen LogP contribution is -2.39. The topological polar surface area (TPSA) is 46.5 Å². The Morgan fingerprint density at radius 1 is 1.64 bits per heavy atom. The van der Waals surface area contributed by atoms with Gasteiger partial charge in [0.25, 0.3) is 0 Å². The molecule has 3 atom stereocenters. The van der Waals surface area contributed by atoms with E-state index in [1.165, 1.54) is 0 Å². The van der Waals surface area contributed by atoms with Crippen molar-refractivity contribution in [2.24, 2.45) is 5.41 Å². The molecular formula is C11H16O3. The predicted molar refractivity (Wildman–Crippen MR) is 51.9 cm³/mol. The number of fused-ring (bicyclic) bond motifs is 1. The maximum Gasteiger partial charge on any atom is 0.184 e. The van der Waals surface area contributed by atoms with Crippen LogP contribution in [0.3, 0.4) is 0 Å². The Morgan fingerprint density at radius 2 is 2.36 bits per heavy atom. The SMILES string of the molecule is CO[C@H]1CCC2=CC(=O)[C@@H](O)C[C@@]21C. The van der Waals surface area contributed by atoms with Gasteiger partial charge in [-0.15, -0.1) is 0 Å². The Kier molecular flexibility index (Phi) is 2.24. The second kappa shape index (κ2) is 3.17. The lowest BCUT2D eigenvalue weighted by atomic mass is 9.73. The molecular weight excluding hydrogens is 180 g/mol. The van der Waals surface area contributed by atoms with Crippen LogP contribution in [0.1, 0.15) is 26.2 Å². The second-order valence-electron chi connectivity index (χ2n) is 4.47. The average Bonchev–Trinajstić information content (AvgIpc) is 2.43. The van der Waals surface area contributed by atoms with E-state index in [0.717, 1.165) is 18.4 Å². The number of hydrogen-bond acceptors (Lipinski definition) is 3. The van der Waals surface area contributed by atoms with Gasteiger partial charge in [-0.05, 0) is 25.3 Å². The minimum atomic E-state index is -0.834. The molecule has 0 unspecified atom stereocenters. The van der Waals surface area contributed by atoms with Gasteiger partial charge in [0.1, 0.15) is 6.10 Å². The summed E-state index contributed by atoms with van der Waals surface area (Å²) in [4.78, 5) is 11.3. The molecule has 2 aliphatic carbocycles. The zero-order valence-corrected chi connectivity index (χ0v) is 8.62. The summed E-state index contributed by atoms with van der Waals surface area (Å²) in [6.45, 7) is 2.08. The van der Waals surface area contributed by atoms with Gasteiger partial charge in [-0.1, -0.05) is 12.5 Å². The Balaban J connectivity index is 2.35. The van der Waals surface area contributed by atoms with E-state index in [2.05, 4.69) is 6.92 Å². The van der Waals surface area contributed by atoms with Gasteiger partial charge in [0.2, 0.25) is 0 Å². The highest BCUT2D eigenvalue weighted by molar-refractivity contribution is 5.95. The highest BCUT2D eigenvalue weighted by atomic mass is 16.5. The van der Waals surface area contributed by atoms with E-state index in [1.807, 2.05) is 0 Å². The van der Waals surface area contributed by atoms with Crippen molar-refractivity contribution in [3.05, 3.63) is 11.6 Å². The lowest BCUT2D eigenvalue weighted by Gasteiger charge is -2.36. The van der Waals surface area contributed by atoms with Gasteiger partial charge in [0, 0.05) is 12.5 Å². The molecule has 1 saturated carbocycles. The van der Waals surface area contributed by atoms with Crippen LogP contribution in [0.2, 0.25) is 0 Å². The molecule has 0 aromatic carbocycles. The Morgan fingerprint density at radius 3 is 3.00 bits per heavy atom. The first kappa shape index (κ1) is 9.87. The molecule has 0 radical (unpaired) electrons. The number of ether oxygens (including phenoxy) is 1. The fourth-order valence-electron chi connectivity index (χ4n) is 2.75. The van der Waals surface area contributed by atoms with Crippen LogP contribution in [0.25, 0.3) is 0 Å². The quantitative estimate of drug-likeness (QED) is 0.682. The summed E-state index contributed by atoms with van der Waals surface area (Å²) >= 11 is 0. The van der Waals surface area contributed by atoms with Crippen LogP contribution in [-0.2, 0) is 9.53 Å². The molecule has 14 heavy (non-hydrogen) atoms. The van der Waals surface area contributed by atoms with E-state index in [0.29, 0.717) is 6.42 Å². The van der Waals surface area contributed by atoms with Crippen molar-refractivity contribution >= 4 is 5.78 Å². The zero-order chi connectivity index (χ0) is 10.3. The van der Waals surface area contributed by atoms with Crippen molar-refractivity contribution < 1.29 is 14.6 Å². The van der Waals surface area contributed by atoms with Crippen LogP contribution in [0.4, 0.5) is 0 Å². The van der Waals surface area contributed by atoms with E-state index in [1.54, 1.807) is 13.2 Å². The molecule has 0 saturated heterocycles. The van der Waals surface area contributed by atoms with E-state index >= 15 is 0 Å². The normalized spacial score (nSPS) is 42.2. The van der Waals surface area contributed by atoms with Crippen molar-refractivity contribution in [2.45, 2.75) is 38.4 Å². The summed E-state index contributed by atoms with van der Waals surface area (Å²) in [6.07, 6.45) is 3.33. The molecule has 3 heteroatoms. The third-order valence-corrected chi connectivity index (χ3v) is 3.67. The molecule has 0 amide bonds. The minimum Gasteiger partial charge on any atom is -0.385 e. The number of carbonyl (C=O) groups is 1. The van der Waals surface area contributed by atoms with Crippen molar-refractivity contribution in [3.63, 3.8) is 0 Å². The second-order valence-corrected chi connectivity index (χ2v) is 4.47. The molecule has 1 N–H and O–H groups in total. The number of rotatable bonds is 1. The minimum absolute atomic E-state index is 0.123. The molecule has 0 aliphatic heterocycles. The number of aliphatic hydroxyl groups excluding tert-OH is 1. The van der Waals surface area contributed by atoms with Crippen molar-refractivity contribution in [3.8, 4) is 0 Å². The largest absolute Gasteiger partial charge is 0.385 e. The Labute approximate surface area is 83.8 Å². The maximum absolute atomic E-state index is 11.3. The molecule has 0 spiro atoms. The van der Waals surface area contributed by atoms with Gasteiger partial charge >= 0.3 is 0 Å². The predicted octanol–water partition coefficient (Wildman–Crippen LogP) is 1.06. The van der Waals surface area contributed by atoms with Gasteiger partial charge in [-0.3, -0.25) is 4.79 Å². The third kappa shape index (κ3) is 1.23. The number of carbonyl (C=O) groups excluding carboxylic acids is 1. The summed E-state index contributed by atoms with van der Waals surface area (Å²) in [7, 11) is 1.70. The molecule has 0 heterocycles. The fraction of sp³-hybridized carbons (Fsp3) is 0.727. The van der Waals surface area contributed by atoms with E-state index in [9.17, 15) is 9.90 Å². The first-order valence-electron chi connectivity index (χ1n) is 5.03. The molecule has 2 rings (SSSR count). The van der Waals surface area contributed by atoms with Crippen LogP contribution < -0.4 is 0 Å². The van der Waals surface area contributed by atoms with Gasteiger partial charge in [-0.25, -0.2) is 0 Å². The van der Waals surface area contributed by atoms with Gasteiger partial charge < -0.3 is 9.84 Å². The van der Waals surface area contributed by atoms with E-state index in [-0.39, 0.29) is 17.3 Å². The summed E-state index contributed by atoms with van der Waals surface area (Å²) in [6, 6.07) is 0. The lowest BCUT2D eigenvalue weighted by molar-refractivity contribution is -0.125. The summed E-state index contributed by atoms with van der Waals surface area (Å²) < 4.78 is 5.40. The fourth-order valence-corrected chi connectivity index (χ4v) is 2.75. The molecule has 1 fully saturated rings. The third-order valence-electron chi connectivity index (χ3n) is 3.67. The Hall–Kier alpha value is -0.670. The molecule has 0 aromatic rings. The molecule has 0 aromatic heterocycles. The van der Waals surface area contributed by atoms with Crippen molar-refractivity contribution in [1.82, 2.24) is 0 Å². The summed E-state index contributed by atoms with van der Waals surface area (Å²) in [5, 5.41) is 9.55. The first-order chi connectivity index (χ1) is 6.58. The zero-order valence-electron chi connectivity index (χ0n) is 8.62. The number of methoxy groups -OCH3 is 1.